The predicted octanol–water partition coefficient (Wildman–Crippen LogP) is 4.10. The lowest BCUT2D eigenvalue weighted by Crippen LogP contribution is -2.40. The van der Waals surface area contributed by atoms with Gasteiger partial charge in [0.05, 0.1) is 18.9 Å². The summed E-state index contributed by atoms with van der Waals surface area (Å²) >= 11 is 0. The van der Waals surface area contributed by atoms with E-state index in [9.17, 15) is 9.90 Å². The molecule has 0 spiro atoms. The summed E-state index contributed by atoms with van der Waals surface area (Å²) in [5.41, 5.74) is 0.339. The van der Waals surface area contributed by atoms with Crippen molar-refractivity contribution < 1.29 is 19.1 Å². The van der Waals surface area contributed by atoms with E-state index < -0.39 is 17.8 Å². The summed E-state index contributed by atoms with van der Waals surface area (Å²) in [4.78, 5) is 13.7. The molecule has 1 amide bonds. The van der Waals surface area contributed by atoms with Crippen LogP contribution in [0.4, 0.5) is 10.7 Å². The molecule has 0 radical (unpaired) electrons. The summed E-state index contributed by atoms with van der Waals surface area (Å²) in [5.74, 6) is 0.330. The maximum Gasteiger partial charge on any atom is 0.417 e. The zero-order valence-electron chi connectivity index (χ0n) is 14.2. The van der Waals surface area contributed by atoms with E-state index in [0.29, 0.717) is 5.88 Å². The molecule has 1 atom stereocenters. The molecule has 2 aromatic rings. The maximum atomic E-state index is 12.4. The van der Waals surface area contributed by atoms with Gasteiger partial charge in [-0.25, -0.2) is 9.69 Å². The Hall–Kier alpha value is -2.53. The number of benzene rings is 1. The zero-order chi connectivity index (χ0) is 17.6. The molecule has 0 saturated carbocycles. The van der Waals surface area contributed by atoms with Crippen molar-refractivity contribution in [1.82, 2.24) is 0 Å². The second kappa shape index (κ2) is 7.84. The van der Waals surface area contributed by atoms with Crippen molar-refractivity contribution in [1.29, 1.82) is 0 Å². The van der Waals surface area contributed by atoms with Crippen LogP contribution in [0.1, 0.15) is 26.3 Å². The van der Waals surface area contributed by atoms with Gasteiger partial charge in [-0.15, -0.1) is 0 Å². The molecular formula is C19H23NO4. The highest BCUT2D eigenvalue weighted by atomic mass is 16.6. The first-order chi connectivity index (χ1) is 11.3. The van der Waals surface area contributed by atoms with Crippen molar-refractivity contribution in [2.24, 2.45) is 0 Å². The number of carbonyl (C=O) groups is 1. The average Bonchev–Trinajstić information content (AvgIpc) is 3.04. The number of hydrogen-bond donors (Lipinski definition) is 1. The molecule has 5 nitrogen and oxygen atoms in total. The van der Waals surface area contributed by atoms with Crippen LogP contribution in [0, 0.1) is 0 Å². The monoisotopic (exact) mass is 329 g/mol. The lowest BCUT2D eigenvalue weighted by Gasteiger charge is -2.26. The highest BCUT2D eigenvalue weighted by Gasteiger charge is 2.26. The summed E-state index contributed by atoms with van der Waals surface area (Å²) < 4.78 is 10.7. The van der Waals surface area contributed by atoms with Gasteiger partial charge in [-0.05, 0) is 32.4 Å². The van der Waals surface area contributed by atoms with Gasteiger partial charge in [0.15, 0.2) is 0 Å². The van der Waals surface area contributed by atoms with Crippen molar-refractivity contribution in [2.75, 3.05) is 11.4 Å². The maximum absolute atomic E-state index is 12.4. The van der Waals surface area contributed by atoms with Crippen molar-refractivity contribution in [3.05, 3.63) is 60.4 Å². The van der Waals surface area contributed by atoms with Crippen LogP contribution >= 0.6 is 0 Å². The van der Waals surface area contributed by atoms with Crippen LogP contribution in [0.2, 0.25) is 0 Å². The smallest absolute Gasteiger partial charge is 0.417 e. The third-order valence-corrected chi connectivity index (χ3v) is 3.07. The first-order valence-electron chi connectivity index (χ1n) is 7.80. The van der Waals surface area contributed by atoms with Gasteiger partial charge in [-0.2, -0.15) is 0 Å². The van der Waals surface area contributed by atoms with Crippen LogP contribution in [0.3, 0.4) is 0 Å². The summed E-state index contributed by atoms with van der Waals surface area (Å²) in [6.45, 7) is 5.40. The predicted molar refractivity (Wildman–Crippen MR) is 93.8 cm³/mol. The van der Waals surface area contributed by atoms with Gasteiger partial charge in [0, 0.05) is 6.07 Å². The minimum absolute atomic E-state index is 0.0335. The molecule has 1 aromatic heterocycles. The molecule has 1 N–H and O–H groups in total. The van der Waals surface area contributed by atoms with E-state index in [-0.39, 0.29) is 6.54 Å². The number of nitrogens with zero attached hydrogens (tertiary/aromatic N) is 1. The van der Waals surface area contributed by atoms with E-state index in [4.69, 9.17) is 9.15 Å². The number of aliphatic hydroxyl groups is 1. The van der Waals surface area contributed by atoms with Gasteiger partial charge in [0.25, 0.3) is 0 Å². The van der Waals surface area contributed by atoms with Gasteiger partial charge < -0.3 is 14.3 Å². The Labute approximate surface area is 142 Å². The fraction of sp³-hybridized carbons (Fsp3) is 0.316. The molecule has 0 saturated heterocycles. The van der Waals surface area contributed by atoms with Crippen LogP contribution in [0.5, 0.6) is 0 Å². The van der Waals surface area contributed by atoms with Gasteiger partial charge in [-0.1, -0.05) is 42.5 Å². The number of aliphatic hydroxyl groups excluding tert-OH is 1. The summed E-state index contributed by atoms with van der Waals surface area (Å²) in [6.07, 6.45) is 3.49. The van der Waals surface area contributed by atoms with E-state index in [1.165, 1.54) is 11.2 Å². The quantitative estimate of drug-likeness (QED) is 0.897. The van der Waals surface area contributed by atoms with E-state index in [1.54, 1.807) is 45.1 Å². The fourth-order valence-electron chi connectivity index (χ4n) is 2.03. The Bertz CT molecular complexity index is 656. The Morgan fingerprint density at radius 3 is 2.54 bits per heavy atom. The van der Waals surface area contributed by atoms with Gasteiger partial charge in [0.1, 0.15) is 5.60 Å². The summed E-state index contributed by atoms with van der Waals surface area (Å²) in [6, 6.07) is 13.0. The first kappa shape index (κ1) is 17.8. The van der Waals surface area contributed by atoms with Crippen LogP contribution in [0.25, 0.3) is 6.08 Å². The van der Waals surface area contributed by atoms with Gasteiger partial charge >= 0.3 is 6.09 Å². The minimum atomic E-state index is -0.858. The second-order valence-corrected chi connectivity index (χ2v) is 6.38. The number of amides is 1. The molecule has 1 heterocycles. The average molecular weight is 329 g/mol. The van der Waals surface area contributed by atoms with Crippen LogP contribution in [-0.2, 0) is 4.74 Å². The van der Waals surface area contributed by atoms with Crippen LogP contribution in [0.15, 0.2) is 59.2 Å². The van der Waals surface area contributed by atoms with Crippen molar-refractivity contribution in [3.8, 4) is 0 Å². The second-order valence-electron chi connectivity index (χ2n) is 6.38. The van der Waals surface area contributed by atoms with Crippen molar-refractivity contribution in [3.63, 3.8) is 0 Å². The van der Waals surface area contributed by atoms with E-state index >= 15 is 0 Å². The number of anilines is 1. The molecule has 0 fully saturated rings. The lowest BCUT2D eigenvalue weighted by atomic mass is 10.2. The van der Waals surface area contributed by atoms with Crippen molar-refractivity contribution >= 4 is 18.1 Å². The van der Waals surface area contributed by atoms with E-state index in [0.717, 1.165) is 5.56 Å². The molecule has 0 aliphatic rings. The third kappa shape index (κ3) is 5.59. The fourth-order valence-corrected chi connectivity index (χ4v) is 2.03. The Balaban J connectivity index is 2.08. The molecule has 1 aromatic carbocycles. The van der Waals surface area contributed by atoms with Gasteiger partial charge in [0.2, 0.25) is 5.88 Å². The molecular weight excluding hydrogens is 306 g/mol. The Morgan fingerprint density at radius 1 is 1.25 bits per heavy atom. The molecule has 0 aliphatic heterocycles. The zero-order valence-corrected chi connectivity index (χ0v) is 14.2. The molecule has 128 valence electrons. The number of ether oxygens (including phenoxy) is 1. The molecule has 0 aliphatic carbocycles. The SMILES string of the molecule is CC(C)(C)OC(=O)N(CC(O)/C=C/c1ccccc1)c1ccco1. The molecule has 0 bridgehead atoms. The number of carbonyl (C=O) groups excluding carboxylic acids is 1. The molecule has 1 unspecified atom stereocenters. The Kier molecular flexibility index (Phi) is 5.82. The van der Waals surface area contributed by atoms with E-state index in [1.807, 2.05) is 30.3 Å². The third-order valence-electron chi connectivity index (χ3n) is 3.07. The number of furan rings is 1. The van der Waals surface area contributed by atoms with Gasteiger partial charge in [-0.3, -0.25) is 0 Å². The lowest BCUT2D eigenvalue weighted by molar-refractivity contribution is 0.0558. The minimum Gasteiger partial charge on any atom is -0.448 e. The Morgan fingerprint density at radius 2 is 1.96 bits per heavy atom. The molecule has 5 heteroatoms. The normalized spacial score (nSPS) is 13.0. The number of rotatable bonds is 5. The molecule has 24 heavy (non-hydrogen) atoms. The highest BCUT2D eigenvalue weighted by Crippen LogP contribution is 2.19. The summed E-state index contributed by atoms with van der Waals surface area (Å²) in [5, 5.41) is 10.2. The highest BCUT2D eigenvalue weighted by molar-refractivity contribution is 5.86. The topological polar surface area (TPSA) is 62.9 Å². The standard InChI is InChI=1S/C19H23NO4/c1-19(2,3)24-18(22)20(17-10-7-13-23-17)14-16(21)12-11-15-8-5-4-6-9-15/h4-13,16,21H,14H2,1-3H3/b12-11+. The van der Waals surface area contributed by atoms with Crippen LogP contribution in [-0.4, -0.2) is 29.4 Å². The molecule has 2 rings (SSSR count). The largest absolute Gasteiger partial charge is 0.448 e. The number of hydrogen-bond acceptors (Lipinski definition) is 4. The van der Waals surface area contributed by atoms with E-state index in [2.05, 4.69) is 0 Å². The van der Waals surface area contributed by atoms with Crippen LogP contribution < -0.4 is 4.90 Å². The van der Waals surface area contributed by atoms with Crippen molar-refractivity contribution in [2.45, 2.75) is 32.5 Å². The first-order valence-corrected chi connectivity index (χ1v) is 7.80. The summed E-state index contributed by atoms with van der Waals surface area (Å²) in [7, 11) is 0.